The SMILES string of the molecule is O=[N+]([O-])c1ccc2ncoc2c1. The van der Waals surface area contributed by atoms with E-state index in [1.165, 1.54) is 18.5 Å². The van der Waals surface area contributed by atoms with E-state index < -0.39 is 4.92 Å². The number of rotatable bonds is 1. The molecule has 0 saturated heterocycles. The highest BCUT2D eigenvalue weighted by molar-refractivity contribution is 5.74. The summed E-state index contributed by atoms with van der Waals surface area (Å²) >= 11 is 0. The van der Waals surface area contributed by atoms with Crippen molar-refractivity contribution < 1.29 is 9.34 Å². The normalized spacial score (nSPS) is 10.3. The summed E-state index contributed by atoms with van der Waals surface area (Å²) in [6.45, 7) is 0. The molecule has 0 atom stereocenters. The lowest BCUT2D eigenvalue weighted by molar-refractivity contribution is -0.384. The second-order valence-corrected chi connectivity index (χ2v) is 2.26. The van der Waals surface area contributed by atoms with Crippen LogP contribution in [0.4, 0.5) is 5.69 Å². The first-order valence-corrected chi connectivity index (χ1v) is 3.25. The van der Waals surface area contributed by atoms with Crippen molar-refractivity contribution in [1.29, 1.82) is 0 Å². The lowest BCUT2D eigenvalue weighted by atomic mass is 10.3. The van der Waals surface area contributed by atoms with Gasteiger partial charge in [0.05, 0.1) is 11.0 Å². The van der Waals surface area contributed by atoms with Crippen LogP contribution in [0.1, 0.15) is 0 Å². The molecular weight excluding hydrogens is 160 g/mol. The average Bonchev–Trinajstić information content (AvgIpc) is 2.49. The summed E-state index contributed by atoms with van der Waals surface area (Å²) < 4.78 is 4.89. The first-order valence-electron chi connectivity index (χ1n) is 3.25. The first-order chi connectivity index (χ1) is 5.77. The maximum Gasteiger partial charge on any atom is 0.273 e. The van der Waals surface area contributed by atoms with Crippen molar-refractivity contribution in [3.05, 3.63) is 34.7 Å². The monoisotopic (exact) mass is 164 g/mol. The van der Waals surface area contributed by atoms with Gasteiger partial charge in [0.15, 0.2) is 12.0 Å². The fourth-order valence-electron chi connectivity index (χ4n) is 0.957. The fourth-order valence-corrected chi connectivity index (χ4v) is 0.957. The molecule has 0 N–H and O–H groups in total. The van der Waals surface area contributed by atoms with Gasteiger partial charge in [0.25, 0.3) is 5.69 Å². The smallest absolute Gasteiger partial charge is 0.273 e. The minimum absolute atomic E-state index is 0.0132. The Morgan fingerprint density at radius 3 is 3.08 bits per heavy atom. The van der Waals surface area contributed by atoms with E-state index in [0.717, 1.165) is 0 Å². The van der Waals surface area contributed by atoms with Gasteiger partial charge >= 0.3 is 0 Å². The van der Waals surface area contributed by atoms with Gasteiger partial charge in [-0.3, -0.25) is 10.1 Å². The van der Waals surface area contributed by atoms with Gasteiger partial charge in [-0.25, -0.2) is 4.98 Å². The number of fused-ring (bicyclic) bond motifs is 1. The summed E-state index contributed by atoms with van der Waals surface area (Å²) in [4.78, 5) is 13.7. The van der Waals surface area contributed by atoms with Crippen molar-refractivity contribution in [1.82, 2.24) is 4.98 Å². The van der Waals surface area contributed by atoms with E-state index in [4.69, 9.17) is 4.42 Å². The maximum atomic E-state index is 10.3. The minimum Gasteiger partial charge on any atom is -0.443 e. The number of hydrogen-bond acceptors (Lipinski definition) is 4. The Hall–Kier alpha value is -1.91. The highest BCUT2D eigenvalue weighted by atomic mass is 16.6. The molecule has 2 rings (SSSR count). The van der Waals surface area contributed by atoms with E-state index in [2.05, 4.69) is 4.98 Å². The van der Waals surface area contributed by atoms with E-state index >= 15 is 0 Å². The van der Waals surface area contributed by atoms with Crippen LogP contribution in [0.2, 0.25) is 0 Å². The second-order valence-electron chi connectivity index (χ2n) is 2.26. The predicted molar refractivity (Wildman–Crippen MR) is 40.7 cm³/mol. The lowest BCUT2D eigenvalue weighted by Crippen LogP contribution is -1.86. The number of hydrogen-bond donors (Lipinski definition) is 0. The molecular formula is C7H4N2O3. The highest BCUT2D eigenvalue weighted by Crippen LogP contribution is 2.18. The van der Waals surface area contributed by atoms with Crippen LogP contribution in [0.5, 0.6) is 0 Å². The van der Waals surface area contributed by atoms with E-state index in [9.17, 15) is 10.1 Å². The molecule has 0 aliphatic heterocycles. The van der Waals surface area contributed by atoms with Crippen LogP contribution in [0.25, 0.3) is 11.1 Å². The van der Waals surface area contributed by atoms with Gasteiger partial charge in [-0.1, -0.05) is 0 Å². The summed E-state index contributed by atoms with van der Waals surface area (Å²) in [5, 5.41) is 10.3. The molecule has 0 aliphatic rings. The van der Waals surface area contributed by atoms with Crippen molar-refractivity contribution in [3.63, 3.8) is 0 Å². The molecule has 0 fully saturated rings. The topological polar surface area (TPSA) is 69.2 Å². The van der Waals surface area contributed by atoms with Crippen LogP contribution in [0.3, 0.4) is 0 Å². The third-order valence-corrected chi connectivity index (χ3v) is 1.53. The van der Waals surface area contributed by atoms with Crippen molar-refractivity contribution in [2.24, 2.45) is 0 Å². The molecule has 0 unspecified atom stereocenters. The van der Waals surface area contributed by atoms with Gasteiger partial charge in [0, 0.05) is 6.07 Å². The molecule has 12 heavy (non-hydrogen) atoms. The molecule has 0 saturated carbocycles. The molecule has 0 bridgehead atoms. The number of benzene rings is 1. The molecule has 2 aromatic rings. The zero-order valence-electron chi connectivity index (χ0n) is 5.93. The predicted octanol–water partition coefficient (Wildman–Crippen LogP) is 1.74. The van der Waals surface area contributed by atoms with E-state index in [1.807, 2.05) is 0 Å². The Balaban J connectivity index is 2.68. The third-order valence-electron chi connectivity index (χ3n) is 1.53. The lowest BCUT2D eigenvalue weighted by Gasteiger charge is -1.88. The minimum atomic E-state index is -0.470. The molecule has 1 aromatic carbocycles. The summed E-state index contributed by atoms with van der Waals surface area (Å²) in [6, 6.07) is 4.30. The van der Waals surface area contributed by atoms with Crippen LogP contribution >= 0.6 is 0 Å². The summed E-state index contributed by atoms with van der Waals surface area (Å²) in [5.41, 5.74) is 1.07. The molecule has 0 spiro atoms. The highest BCUT2D eigenvalue weighted by Gasteiger charge is 2.07. The Morgan fingerprint density at radius 2 is 2.33 bits per heavy atom. The molecule has 0 aliphatic carbocycles. The van der Waals surface area contributed by atoms with E-state index in [-0.39, 0.29) is 5.69 Å². The first kappa shape index (κ1) is 6.78. The molecule has 0 radical (unpaired) electrons. The summed E-state index contributed by atoms with van der Waals surface area (Å²) in [5.74, 6) is 0. The Kier molecular flexibility index (Phi) is 1.30. The largest absolute Gasteiger partial charge is 0.443 e. The number of nitro benzene ring substituents is 1. The summed E-state index contributed by atoms with van der Waals surface area (Å²) in [7, 11) is 0. The van der Waals surface area contributed by atoms with Crippen molar-refractivity contribution in [2.75, 3.05) is 0 Å². The van der Waals surface area contributed by atoms with Crippen LogP contribution < -0.4 is 0 Å². The molecule has 5 heteroatoms. The summed E-state index contributed by atoms with van der Waals surface area (Å²) in [6.07, 6.45) is 1.26. The number of oxazole rings is 1. The average molecular weight is 164 g/mol. The van der Waals surface area contributed by atoms with Crippen molar-refractivity contribution in [2.45, 2.75) is 0 Å². The Labute approximate surface area is 66.8 Å². The number of nitrogens with zero attached hydrogens (tertiary/aromatic N) is 2. The van der Waals surface area contributed by atoms with Gasteiger partial charge in [-0.15, -0.1) is 0 Å². The van der Waals surface area contributed by atoms with Crippen LogP contribution in [0, 0.1) is 10.1 Å². The van der Waals surface area contributed by atoms with Gasteiger partial charge in [-0.05, 0) is 6.07 Å². The molecule has 1 aromatic heterocycles. The molecule has 5 nitrogen and oxygen atoms in total. The van der Waals surface area contributed by atoms with Crippen LogP contribution in [0.15, 0.2) is 29.0 Å². The van der Waals surface area contributed by atoms with Gasteiger partial charge in [-0.2, -0.15) is 0 Å². The van der Waals surface area contributed by atoms with E-state index in [0.29, 0.717) is 11.1 Å². The van der Waals surface area contributed by atoms with Crippen LogP contribution in [-0.4, -0.2) is 9.91 Å². The standard InChI is InChI=1S/C7H4N2O3/c10-9(11)5-1-2-6-7(3-5)12-4-8-6/h1-4H. The van der Waals surface area contributed by atoms with Gasteiger partial charge in [0.2, 0.25) is 0 Å². The number of nitro groups is 1. The molecule has 0 amide bonds. The molecule has 60 valence electrons. The second kappa shape index (κ2) is 2.30. The maximum absolute atomic E-state index is 10.3. The van der Waals surface area contributed by atoms with Gasteiger partial charge < -0.3 is 4.42 Å². The third kappa shape index (κ3) is 0.914. The van der Waals surface area contributed by atoms with E-state index in [1.54, 1.807) is 6.07 Å². The Bertz CT molecular complexity index is 435. The fraction of sp³-hybridized carbons (Fsp3) is 0. The van der Waals surface area contributed by atoms with Gasteiger partial charge in [0.1, 0.15) is 5.52 Å². The van der Waals surface area contributed by atoms with Crippen molar-refractivity contribution in [3.8, 4) is 0 Å². The zero-order chi connectivity index (χ0) is 8.55. The number of non-ortho nitro benzene ring substituents is 1. The van der Waals surface area contributed by atoms with Crippen LogP contribution in [-0.2, 0) is 0 Å². The Morgan fingerprint density at radius 1 is 1.50 bits per heavy atom. The molecule has 1 heterocycles. The number of aromatic nitrogens is 1. The quantitative estimate of drug-likeness (QED) is 0.475. The van der Waals surface area contributed by atoms with Crippen molar-refractivity contribution >= 4 is 16.8 Å². The zero-order valence-corrected chi connectivity index (χ0v) is 5.93.